The summed E-state index contributed by atoms with van der Waals surface area (Å²) >= 11 is 5.54. The molecule has 1 aliphatic heterocycles. The molecule has 0 amide bonds. The molecule has 2 rings (SSSR count). The van der Waals surface area contributed by atoms with Crippen LogP contribution in [0.5, 0.6) is 5.75 Å². The van der Waals surface area contributed by atoms with Crippen LogP contribution in [-0.2, 0) is 10.0 Å². The summed E-state index contributed by atoms with van der Waals surface area (Å²) in [7, 11) is -3.39. The summed E-state index contributed by atoms with van der Waals surface area (Å²) in [6.07, 6.45) is 0. The fourth-order valence-electron chi connectivity index (χ4n) is 2.29. The maximum Gasteiger partial charge on any atom is 0.243 e. The zero-order chi connectivity index (χ0) is 14.8. The summed E-state index contributed by atoms with van der Waals surface area (Å²) in [5, 5.41) is 0. The number of ether oxygens (including phenoxy) is 1. The van der Waals surface area contributed by atoms with E-state index in [2.05, 4.69) is 13.8 Å². The van der Waals surface area contributed by atoms with Crippen LogP contribution >= 0.6 is 11.6 Å². The number of hydrogen-bond acceptors (Lipinski definition) is 3. The first kappa shape index (κ1) is 15.6. The maximum absolute atomic E-state index is 12.5. The third kappa shape index (κ3) is 3.27. The van der Waals surface area contributed by atoms with E-state index in [1.807, 2.05) is 0 Å². The molecule has 1 fully saturated rings. The number of benzene rings is 1. The Morgan fingerprint density at radius 2 is 1.75 bits per heavy atom. The fourth-order valence-corrected chi connectivity index (χ4v) is 4.00. The third-order valence-electron chi connectivity index (χ3n) is 3.76. The molecule has 0 aliphatic carbocycles. The highest BCUT2D eigenvalue weighted by Crippen LogP contribution is 2.28. The minimum absolute atomic E-state index is 0.317. The molecule has 20 heavy (non-hydrogen) atoms. The van der Waals surface area contributed by atoms with E-state index in [0.717, 1.165) is 0 Å². The van der Waals surface area contributed by atoms with Gasteiger partial charge in [0.05, 0.1) is 10.8 Å². The van der Waals surface area contributed by atoms with Gasteiger partial charge in [-0.15, -0.1) is 11.6 Å². The van der Waals surface area contributed by atoms with Crippen molar-refractivity contribution in [2.24, 2.45) is 11.8 Å². The zero-order valence-electron chi connectivity index (χ0n) is 11.8. The standard InChI is InChI=1S/C14H20ClNO3S/c1-11-9-16(10-12(11)2)20(17,18)14-5-3-13(4-6-14)19-8-7-15/h3-6,11-12H,7-10H2,1-2H3. The van der Waals surface area contributed by atoms with Crippen molar-refractivity contribution >= 4 is 21.6 Å². The Bertz CT molecular complexity index is 534. The normalized spacial score (nSPS) is 23.9. The van der Waals surface area contributed by atoms with Gasteiger partial charge in [-0.05, 0) is 36.1 Å². The molecule has 0 N–H and O–H groups in total. The largest absolute Gasteiger partial charge is 0.492 e. The molecule has 4 nitrogen and oxygen atoms in total. The Morgan fingerprint density at radius 3 is 2.25 bits per heavy atom. The first-order chi connectivity index (χ1) is 9.45. The summed E-state index contributed by atoms with van der Waals surface area (Å²) in [5.41, 5.74) is 0. The number of alkyl halides is 1. The van der Waals surface area contributed by atoms with Crippen LogP contribution in [0, 0.1) is 11.8 Å². The van der Waals surface area contributed by atoms with Crippen LogP contribution in [0.2, 0.25) is 0 Å². The van der Waals surface area contributed by atoms with E-state index in [1.54, 1.807) is 28.6 Å². The molecule has 0 bridgehead atoms. The molecule has 0 saturated carbocycles. The first-order valence-corrected chi connectivity index (χ1v) is 8.71. The summed E-state index contributed by atoms with van der Waals surface area (Å²) in [6, 6.07) is 6.52. The number of nitrogens with zero attached hydrogens (tertiary/aromatic N) is 1. The lowest BCUT2D eigenvalue weighted by Crippen LogP contribution is -2.29. The van der Waals surface area contributed by atoms with Gasteiger partial charge in [0.15, 0.2) is 0 Å². The van der Waals surface area contributed by atoms with Gasteiger partial charge in [-0.2, -0.15) is 4.31 Å². The molecule has 1 aliphatic rings. The minimum atomic E-state index is -3.39. The van der Waals surface area contributed by atoms with Crippen molar-refractivity contribution in [3.8, 4) is 5.75 Å². The van der Waals surface area contributed by atoms with Gasteiger partial charge in [0.2, 0.25) is 10.0 Å². The summed E-state index contributed by atoms with van der Waals surface area (Å²) in [4.78, 5) is 0.317. The average molecular weight is 318 g/mol. The van der Waals surface area contributed by atoms with Crippen LogP contribution in [0.3, 0.4) is 0 Å². The Morgan fingerprint density at radius 1 is 1.20 bits per heavy atom. The van der Waals surface area contributed by atoms with Crippen molar-refractivity contribution in [1.82, 2.24) is 4.31 Å². The van der Waals surface area contributed by atoms with E-state index < -0.39 is 10.0 Å². The summed E-state index contributed by atoms with van der Waals surface area (Å²) in [6.45, 7) is 5.77. The van der Waals surface area contributed by atoms with E-state index in [-0.39, 0.29) is 0 Å². The van der Waals surface area contributed by atoms with Crippen molar-refractivity contribution < 1.29 is 13.2 Å². The molecule has 1 aromatic carbocycles. The molecule has 1 aromatic rings. The molecule has 1 saturated heterocycles. The molecular weight excluding hydrogens is 298 g/mol. The van der Waals surface area contributed by atoms with Gasteiger partial charge in [0.25, 0.3) is 0 Å². The highest BCUT2D eigenvalue weighted by molar-refractivity contribution is 7.89. The van der Waals surface area contributed by atoms with Crippen molar-refractivity contribution in [3.63, 3.8) is 0 Å². The molecule has 0 spiro atoms. The van der Waals surface area contributed by atoms with Crippen molar-refractivity contribution in [2.45, 2.75) is 18.7 Å². The van der Waals surface area contributed by atoms with Gasteiger partial charge in [-0.25, -0.2) is 8.42 Å². The van der Waals surface area contributed by atoms with Crippen LogP contribution in [0.15, 0.2) is 29.2 Å². The zero-order valence-corrected chi connectivity index (χ0v) is 13.3. The number of halogens is 1. The second kappa shape index (κ2) is 6.33. The Kier molecular flexibility index (Phi) is 4.94. The lowest BCUT2D eigenvalue weighted by atomic mass is 10.0. The quantitative estimate of drug-likeness (QED) is 0.784. The Labute approximate surface area is 125 Å². The van der Waals surface area contributed by atoms with Gasteiger partial charge < -0.3 is 4.74 Å². The smallest absolute Gasteiger partial charge is 0.243 e. The molecule has 0 aromatic heterocycles. The number of sulfonamides is 1. The lowest BCUT2D eigenvalue weighted by Gasteiger charge is -2.16. The van der Waals surface area contributed by atoms with Crippen LogP contribution in [0.25, 0.3) is 0 Å². The van der Waals surface area contributed by atoms with Crippen LogP contribution < -0.4 is 4.74 Å². The van der Waals surface area contributed by atoms with Crippen LogP contribution in [0.1, 0.15) is 13.8 Å². The molecule has 2 atom stereocenters. The van der Waals surface area contributed by atoms with Gasteiger partial charge in [0.1, 0.15) is 12.4 Å². The lowest BCUT2D eigenvalue weighted by molar-refractivity contribution is 0.342. The summed E-state index contributed by atoms with van der Waals surface area (Å²) in [5.74, 6) is 1.84. The second-order valence-corrected chi connectivity index (χ2v) is 7.60. The predicted molar refractivity (Wildman–Crippen MR) is 79.7 cm³/mol. The van der Waals surface area contributed by atoms with Gasteiger partial charge >= 0.3 is 0 Å². The first-order valence-electron chi connectivity index (χ1n) is 6.74. The van der Waals surface area contributed by atoms with Crippen molar-refractivity contribution in [1.29, 1.82) is 0 Å². The molecule has 0 radical (unpaired) electrons. The molecular formula is C14H20ClNO3S. The second-order valence-electron chi connectivity index (χ2n) is 5.29. The minimum Gasteiger partial charge on any atom is -0.492 e. The van der Waals surface area contributed by atoms with Gasteiger partial charge in [0, 0.05) is 13.1 Å². The maximum atomic E-state index is 12.5. The van der Waals surface area contributed by atoms with E-state index in [1.165, 1.54) is 0 Å². The number of rotatable bonds is 5. The molecule has 2 unspecified atom stereocenters. The molecule has 1 heterocycles. The third-order valence-corrected chi connectivity index (χ3v) is 5.76. The van der Waals surface area contributed by atoms with Crippen molar-refractivity contribution in [2.75, 3.05) is 25.6 Å². The highest BCUT2D eigenvalue weighted by atomic mass is 35.5. The number of hydrogen-bond donors (Lipinski definition) is 0. The van der Waals surface area contributed by atoms with Gasteiger partial charge in [-0.3, -0.25) is 0 Å². The van der Waals surface area contributed by atoms with E-state index in [0.29, 0.717) is 48.1 Å². The average Bonchev–Trinajstić information content (AvgIpc) is 2.77. The topological polar surface area (TPSA) is 46.6 Å². The molecule has 6 heteroatoms. The van der Waals surface area contributed by atoms with Crippen LogP contribution in [-0.4, -0.2) is 38.3 Å². The highest BCUT2D eigenvalue weighted by Gasteiger charge is 2.34. The predicted octanol–water partition coefficient (Wildman–Crippen LogP) is 2.58. The van der Waals surface area contributed by atoms with E-state index in [9.17, 15) is 8.42 Å². The van der Waals surface area contributed by atoms with Crippen molar-refractivity contribution in [3.05, 3.63) is 24.3 Å². The van der Waals surface area contributed by atoms with Gasteiger partial charge in [-0.1, -0.05) is 13.8 Å². The SMILES string of the molecule is CC1CN(S(=O)(=O)c2ccc(OCCCl)cc2)CC1C. The Balaban J connectivity index is 2.14. The Hall–Kier alpha value is -0.780. The fraction of sp³-hybridized carbons (Fsp3) is 0.571. The molecule has 112 valence electrons. The van der Waals surface area contributed by atoms with E-state index in [4.69, 9.17) is 16.3 Å². The van der Waals surface area contributed by atoms with E-state index >= 15 is 0 Å². The monoisotopic (exact) mass is 317 g/mol. The van der Waals surface area contributed by atoms with Crippen LogP contribution in [0.4, 0.5) is 0 Å². The summed E-state index contributed by atoms with van der Waals surface area (Å²) < 4.78 is 31.9.